The van der Waals surface area contributed by atoms with Gasteiger partial charge in [-0.1, -0.05) is 60.7 Å². The van der Waals surface area contributed by atoms with Gasteiger partial charge in [0.15, 0.2) is 0 Å². The number of amides is 3. The van der Waals surface area contributed by atoms with Gasteiger partial charge in [0.05, 0.1) is 0 Å². The van der Waals surface area contributed by atoms with Crippen molar-refractivity contribution in [1.29, 1.82) is 0 Å². The van der Waals surface area contributed by atoms with Crippen molar-refractivity contribution in [3.63, 3.8) is 0 Å². The molecule has 7 rings (SSSR count). The maximum absolute atomic E-state index is 14.1. The molecule has 0 spiro atoms. The summed E-state index contributed by atoms with van der Waals surface area (Å²) >= 11 is 0. The molecule has 0 bridgehead atoms. The molecule has 5 aromatic rings. The number of piperidine rings is 1. The van der Waals surface area contributed by atoms with E-state index in [2.05, 4.69) is 15.4 Å². The number of ether oxygens (including phenoxy) is 3. The van der Waals surface area contributed by atoms with Crippen molar-refractivity contribution >= 4 is 35.3 Å². The van der Waals surface area contributed by atoms with Crippen molar-refractivity contribution < 1.29 is 46.6 Å². The number of alkyl carbamates (subject to hydrolysis) is 1. The topological polar surface area (TPSA) is 128 Å². The Bertz CT molecular complexity index is 2310. The number of alkyl halides is 3. The van der Waals surface area contributed by atoms with E-state index in [9.17, 15) is 32.3 Å². The summed E-state index contributed by atoms with van der Waals surface area (Å²) in [6.07, 6.45) is -2.77. The van der Waals surface area contributed by atoms with Gasteiger partial charge in [-0.15, -0.1) is 13.2 Å². The van der Waals surface area contributed by atoms with Crippen molar-refractivity contribution in [3.8, 4) is 28.0 Å². The van der Waals surface area contributed by atoms with E-state index in [4.69, 9.17) is 9.47 Å². The van der Waals surface area contributed by atoms with Gasteiger partial charge >= 0.3 is 18.5 Å². The summed E-state index contributed by atoms with van der Waals surface area (Å²) < 4.78 is 55.7. The normalized spacial score (nSPS) is 14.9. The average molecular weight is 811 g/mol. The molecule has 2 N–H and O–H groups in total. The van der Waals surface area contributed by atoms with Crippen molar-refractivity contribution in [2.24, 2.45) is 0 Å². The molecular weight excluding hydrogens is 766 g/mol. The minimum Gasteiger partial charge on any atom is -0.449 e. The lowest BCUT2D eigenvalue weighted by molar-refractivity contribution is -0.274. The summed E-state index contributed by atoms with van der Waals surface area (Å²) in [6, 6.07) is 26.7. The number of fused-ring (bicyclic) bond motifs is 4. The van der Waals surface area contributed by atoms with Crippen LogP contribution in [0.3, 0.4) is 0 Å². The fraction of sp³-hybridized carbons (Fsp3) is 0.333. The maximum Gasteiger partial charge on any atom is 0.573 e. The molecule has 0 radical (unpaired) electrons. The zero-order chi connectivity index (χ0) is 42.0. The maximum atomic E-state index is 14.1. The van der Waals surface area contributed by atoms with E-state index in [1.807, 2.05) is 59.3 Å². The van der Waals surface area contributed by atoms with Gasteiger partial charge in [-0.25, -0.2) is 9.59 Å². The number of halogens is 3. The van der Waals surface area contributed by atoms with Gasteiger partial charge in [0.1, 0.15) is 29.8 Å². The summed E-state index contributed by atoms with van der Waals surface area (Å²) in [5, 5.41) is 6.61. The minimum absolute atomic E-state index is 0.0637. The van der Waals surface area contributed by atoms with Crippen LogP contribution in [0.15, 0.2) is 97.2 Å². The number of nitrogens with one attached hydrogen (secondary N) is 2. The fourth-order valence-electron chi connectivity index (χ4n) is 7.90. The Hall–Kier alpha value is -6.31. The van der Waals surface area contributed by atoms with Crippen LogP contribution in [-0.4, -0.2) is 77.6 Å². The Morgan fingerprint density at radius 2 is 1.51 bits per heavy atom. The molecule has 0 unspecified atom stereocenters. The molecule has 1 aliphatic carbocycles. The molecule has 4 aromatic carbocycles. The highest BCUT2D eigenvalue weighted by molar-refractivity contribution is 5.99. The van der Waals surface area contributed by atoms with E-state index >= 15 is 0 Å². The molecule has 14 heteroatoms. The van der Waals surface area contributed by atoms with Crippen LogP contribution >= 0.6 is 0 Å². The molecule has 11 nitrogen and oxygen atoms in total. The number of likely N-dealkylation sites (tertiary alicyclic amines) is 1. The molecule has 2 aliphatic rings. The van der Waals surface area contributed by atoms with Crippen molar-refractivity contribution in [2.45, 2.75) is 70.0 Å². The van der Waals surface area contributed by atoms with Gasteiger partial charge < -0.3 is 34.3 Å². The Labute approximate surface area is 339 Å². The smallest absolute Gasteiger partial charge is 0.449 e. The van der Waals surface area contributed by atoms with E-state index < -0.39 is 35.6 Å². The van der Waals surface area contributed by atoms with Gasteiger partial charge in [-0.05, 0) is 98.2 Å². The van der Waals surface area contributed by atoms with Crippen LogP contribution < -0.4 is 15.4 Å². The zero-order valence-electron chi connectivity index (χ0n) is 32.9. The molecule has 1 fully saturated rings. The van der Waals surface area contributed by atoms with E-state index in [1.54, 1.807) is 39.0 Å². The van der Waals surface area contributed by atoms with E-state index in [1.165, 1.54) is 29.2 Å². The molecule has 1 aromatic heterocycles. The van der Waals surface area contributed by atoms with Crippen LogP contribution in [0.5, 0.6) is 5.75 Å². The van der Waals surface area contributed by atoms with Crippen molar-refractivity contribution in [1.82, 2.24) is 20.1 Å². The minimum atomic E-state index is -4.82. The second kappa shape index (κ2) is 16.5. The molecule has 1 aliphatic heterocycles. The lowest BCUT2D eigenvalue weighted by Gasteiger charge is -2.41. The summed E-state index contributed by atoms with van der Waals surface area (Å²) in [4.78, 5) is 53.8. The Morgan fingerprint density at radius 3 is 2.12 bits per heavy atom. The highest BCUT2D eigenvalue weighted by Crippen LogP contribution is 2.44. The Kier molecular flexibility index (Phi) is 11.4. The summed E-state index contributed by atoms with van der Waals surface area (Å²) in [5.41, 5.74) is 4.76. The SMILES string of the molecule is CC(C)(C)OC(=O)N1CCC(NC(=O)OCC2c3ccccc3-c3ccccc32)(C(=O)NCCCn2cc(-c3ccc(OC(F)(F)F)cc3)c3cc(C=O)ccc32)CC1. The number of aromatic nitrogens is 1. The van der Waals surface area contributed by atoms with Crippen molar-refractivity contribution in [3.05, 3.63) is 114 Å². The second-order valence-corrected chi connectivity index (χ2v) is 15.8. The fourth-order valence-corrected chi connectivity index (χ4v) is 7.90. The number of nitrogens with zero attached hydrogens (tertiary/aromatic N) is 2. The first kappa shape index (κ1) is 40.9. The number of aldehydes is 1. The number of carbonyl (C=O) groups excluding carboxylic acids is 4. The highest BCUT2D eigenvalue weighted by atomic mass is 19.4. The lowest BCUT2D eigenvalue weighted by atomic mass is 9.86. The Morgan fingerprint density at radius 1 is 0.864 bits per heavy atom. The lowest BCUT2D eigenvalue weighted by Crippen LogP contribution is -2.64. The third-order valence-corrected chi connectivity index (χ3v) is 10.7. The standard InChI is InChI=1S/C45H45F3N4O7/c1-43(2,3)59-42(56)51-23-19-44(20-24-51,50-41(55)57-28-38-34-11-6-4-9-32(34)33-10-5-7-12-35(33)38)40(54)49-21-8-22-52-26-37(36-25-29(27-53)13-18-39(36)52)30-14-16-31(17-15-30)58-45(46,47)48/h4-7,9-18,25-27,38H,8,19-24,28H2,1-3H3,(H,49,54)(H,50,55). The van der Waals surface area contributed by atoms with Crippen LogP contribution in [0, 0.1) is 0 Å². The van der Waals surface area contributed by atoms with Gasteiger partial charge in [0.2, 0.25) is 5.91 Å². The van der Waals surface area contributed by atoms with E-state index in [-0.39, 0.29) is 50.8 Å². The predicted octanol–water partition coefficient (Wildman–Crippen LogP) is 8.83. The molecule has 1 saturated heterocycles. The van der Waals surface area contributed by atoms with Crippen LogP contribution in [0.2, 0.25) is 0 Å². The molecule has 0 atom stereocenters. The predicted molar refractivity (Wildman–Crippen MR) is 215 cm³/mol. The molecule has 2 heterocycles. The first-order valence-corrected chi connectivity index (χ1v) is 19.5. The molecule has 0 saturated carbocycles. The number of rotatable bonds is 11. The largest absolute Gasteiger partial charge is 0.573 e. The zero-order valence-corrected chi connectivity index (χ0v) is 32.9. The van der Waals surface area contributed by atoms with Crippen LogP contribution in [0.25, 0.3) is 33.2 Å². The van der Waals surface area contributed by atoms with Crippen LogP contribution in [0.4, 0.5) is 22.8 Å². The van der Waals surface area contributed by atoms with Gasteiger partial charge in [-0.3, -0.25) is 9.59 Å². The third kappa shape index (κ3) is 9.21. The second-order valence-electron chi connectivity index (χ2n) is 15.8. The number of benzene rings is 4. The number of carbonyl (C=O) groups is 4. The monoisotopic (exact) mass is 810 g/mol. The number of hydrogen-bond donors (Lipinski definition) is 2. The summed E-state index contributed by atoms with van der Waals surface area (Å²) in [5.74, 6) is -0.939. The molecule has 308 valence electrons. The highest BCUT2D eigenvalue weighted by Gasteiger charge is 2.45. The Balaban J connectivity index is 1.04. The quantitative estimate of drug-likeness (QED) is 0.101. The molecule has 59 heavy (non-hydrogen) atoms. The first-order chi connectivity index (χ1) is 28.1. The van der Waals surface area contributed by atoms with Gasteiger partial charge in [0.25, 0.3) is 0 Å². The summed E-state index contributed by atoms with van der Waals surface area (Å²) in [6.45, 7) is 6.39. The number of aryl methyl sites for hydroxylation is 1. The van der Waals surface area contributed by atoms with Crippen LogP contribution in [0.1, 0.15) is 67.4 Å². The van der Waals surface area contributed by atoms with Crippen LogP contribution in [-0.2, 0) is 20.8 Å². The molecular formula is C45H45F3N4O7. The number of hydrogen-bond acceptors (Lipinski definition) is 7. The molecule has 3 amide bonds. The summed E-state index contributed by atoms with van der Waals surface area (Å²) in [7, 11) is 0. The average Bonchev–Trinajstić information content (AvgIpc) is 3.72. The first-order valence-electron chi connectivity index (χ1n) is 19.5. The third-order valence-electron chi connectivity index (χ3n) is 10.7. The van der Waals surface area contributed by atoms with Gasteiger partial charge in [0, 0.05) is 60.3 Å². The van der Waals surface area contributed by atoms with E-state index in [0.717, 1.165) is 39.4 Å². The van der Waals surface area contributed by atoms with Gasteiger partial charge in [-0.2, -0.15) is 0 Å². The van der Waals surface area contributed by atoms with Crippen molar-refractivity contribution in [2.75, 3.05) is 26.2 Å². The van der Waals surface area contributed by atoms with E-state index in [0.29, 0.717) is 29.7 Å².